The minimum Gasteiger partial charge on any atom is -0.387 e. The molecule has 1 aliphatic rings. The van der Waals surface area contributed by atoms with Crippen LogP contribution in [0.1, 0.15) is 81.4 Å². The van der Waals surface area contributed by atoms with Gasteiger partial charge < -0.3 is 15.6 Å². The third kappa shape index (κ3) is 11.6. The van der Waals surface area contributed by atoms with Crippen LogP contribution >= 0.6 is 0 Å². The van der Waals surface area contributed by atoms with Gasteiger partial charge in [0.2, 0.25) is 0 Å². The SMILES string of the molecule is NCCCCCCCC/C=C/C=C/CCOCCCCN1Cc2ccccc2C(O)C1. The summed E-state index contributed by atoms with van der Waals surface area (Å²) in [6.07, 6.45) is 20.5. The van der Waals surface area contributed by atoms with Crippen molar-refractivity contribution < 1.29 is 9.84 Å². The van der Waals surface area contributed by atoms with Crippen LogP contribution in [0.25, 0.3) is 0 Å². The molecule has 0 spiro atoms. The second kappa shape index (κ2) is 17.1. The molecule has 1 aliphatic heterocycles. The molecule has 0 radical (unpaired) electrons. The molecule has 4 heteroatoms. The number of nitrogens with zero attached hydrogens (tertiary/aromatic N) is 1. The van der Waals surface area contributed by atoms with Crippen LogP contribution in [0.4, 0.5) is 0 Å². The lowest BCUT2D eigenvalue weighted by Gasteiger charge is -2.32. The van der Waals surface area contributed by atoms with Gasteiger partial charge in [-0.05, 0) is 62.7 Å². The number of aliphatic hydroxyl groups is 1. The molecule has 1 aromatic rings. The van der Waals surface area contributed by atoms with Crippen molar-refractivity contribution in [1.29, 1.82) is 0 Å². The summed E-state index contributed by atoms with van der Waals surface area (Å²) in [5.41, 5.74) is 7.86. The summed E-state index contributed by atoms with van der Waals surface area (Å²) >= 11 is 0. The van der Waals surface area contributed by atoms with Crippen molar-refractivity contribution in [2.75, 3.05) is 32.8 Å². The molecule has 31 heavy (non-hydrogen) atoms. The summed E-state index contributed by atoms with van der Waals surface area (Å²) in [5, 5.41) is 10.3. The molecule has 1 atom stereocenters. The standard InChI is InChI=1S/C27H44N2O2/c28-19-13-9-7-5-3-1-2-4-6-8-10-15-21-31-22-16-14-20-29-23-25-17-11-12-18-26(25)27(30)24-29/h4,6,8,10-12,17-18,27,30H,1-3,5,7,9,13-16,19-24,28H2/b6-4+,10-8+. The van der Waals surface area contributed by atoms with E-state index in [-0.39, 0.29) is 6.10 Å². The number of benzene rings is 1. The number of ether oxygens (including phenoxy) is 1. The molecule has 0 saturated heterocycles. The van der Waals surface area contributed by atoms with Crippen molar-refractivity contribution in [1.82, 2.24) is 4.90 Å². The van der Waals surface area contributed by atoms with Crippen LogP contribution in [0.5, 0.6) is 0 Å². The maximum Gasteiger partial charge on any atom is 0.0920 e. The fourth-order valence-electron chi connectivity index (χ4n) is 4.08. The van der Waals surface area contributed by atoms with E-state index in [9.17, 15) is 5.11 Å². The second-order valence-electron chi connectivity index (χ2n) is 8.61. The van der Waals surface area contributed by atoms with Crippen molar-refractivity contribution in [2.45, 2.75) is 76.9 Å². The van der Waals surface area contributed by atoms with E-state index in [1.807, 2.05) is 12.1 Å². The van der Waals surface area contributed by atoms with E-state index in [1.165, 1.54) is 50.5 Å². The van der Waals surface area contributed by atoms with Crippen LogP contribution in [0.2, 0.25) is 0 Å². The van der Waals surface area contributed by atoms with Crippen LogP contribution in [-0.4, -0.2) is 42.9 Å². The second-order valence-corrected chi connectivity index (χ2v) is 8.61. The van der Waals surface area contributed by atoms with Gasteiger partial charge in [-0.2, -0.15) is 0 Å². The maximum absolute atomic E-state index is 10.3. The number of unbranched alkanes of at least 4 members (excludes halogenated alkanes) is 7. The van der Waals surface area contributed by atoms with Gasteiger partial charge in [0, 0.05) is 19.7 Å². The number of hydrogen-bond donors (Lipinski definition) is 2. The van der Waals surface area contributed by atoms with E-state index in [2.05, 4.69) is 41.3 Å². The number of fused-ring (bicyclic) bond motifs is 1. The molecule has 0 fully saturated rings. The van der Waals surface area contributed by atoms with E-state index in [0.717, 1.165) is 64.2 Å². The molecular weight excluding hydrogens is 384 g/mol. The lowest BCUT2D eigenvalue weighted by molar-refractivity contribution is 0.0869. The summed E-state index contributed by atoms with van der Waals surface area (Å²) in [6.45, 7) is 5.16. The number of rotatable bonds is 17. The van der Waals surface area contributed by atoms with Crippen molar-refractivity contribution >= 4 is 0 Å². The Labute approximate surface area is 190 Å². The molecular formula is C27H44N2O2. The van der Waals surface area contributed by atoms with Gasteiger partial charge in [0.05, 0.1) is 12.7 Å². The Bertz CT molecular complexity index is 629. The zero-order valence-corrected chi connectivity index (χ0v) is 19.4. The molecule has 174 valence electrons. The smallest absolute Gasteiger partial charge is 0.0920 e. The van der Waals surface area contributed by atoms with E-state index in [0.29, 0.717) is 0 Å². The summed E-state index contributed by atoms with van der Waals surface area (Å²) in [7, 11) is 0. The van der Waals surface area contributed by atoms with Crippen LogP contribution < -0.4 is 5.73 Å². The minimum absolute atomic E-state index is 0.353. The number of allylic oxidation sites excluding steroid dienone is 3. The van der Waals surface area contributed by atoms with E-state index in [4.69, 9.17) is 10.5 Å². The topological polar surface area (TPSA) is 58.7 Å². The average molecular weight is 429 g/mol. The number of aliphatic hydroxyl groups excluding tert-OH is 1. The van der Waals surface area contributed by atoms with Gasteiger partial charge >= 0.3 is 0 Å². The fraction of sp³-hybridized carbons (Fsp3) is 0.630. The van der Waals surface area contributed by atoms with Gasteiger partial charge in [0.25, 0.3) is 0 Å². The molecule has 1 heterocycles. The highest BCUT2D eigenvalue weighted by atomic mass is 16.5. The Morgan fingerprint density at radius 3 is 2.48 bits per heavy atom. The largest absolute Gasteiger partial charge is 0.387 e. The van der Waals surface area contributed by atoms with Gasteiger partial charge in [-0.25, -0.2) is 0 Å². The molecule has 3 N–H and O–H groups in total. The highest BCUT2D eigenvalue weighted by Gasteiger charge is 2.22. The molecule has 4 nitrogen and oxygen atoms in total. The Kier molecular flexibility index (Phi) is 14.3. The van der Waals surface area contributed by atoms with Gasteiger partial charge in [-0.15, -0.1) is 0 Å². The predicted octanol–water partition coefficient (Wildman–Crippen LogP) is 5.52. The number of nitrogens with two attached hydrogens (primary N) is 1. The van der Waals surface area contributed by atoms with Gasteiger partial charge in [-0.3, -0.25) is 4.90 Å². The van der Waals surface area contributed by atoms with Crippen LogP contribution in [-0.2, 0) is 11.3 Å². The summed E-state index contributed by atoms with van der Waals surface area (Å²) in [4.78, 5) is 2.35. The number of hydrogen-bond acceptors (Lipinski definition) is 4. The lowest BCUT2D eigenvalue weighted by Crippen LogP contribution is -2.34. The van der Waals surface area contributed by atoms with E-state index in [1.54, 1.807) is 0 Å². The van der Waals surface area contributed by atoms with Crippen molar-refractivity contribution in [2.24, 2.45) is 5.73 Å². The minimum atomic E-state index is -0.353. The van der Waals surface area contributed by atoms with Crippen LogP contribution in [0.15, 0.2) is 48.6 Å². The van der Waals surface area contributed by atoms with Gasteiger partial charge in [0.1, 0.15) is 0 Å². The Balaban J connectivity index is 1.37. The highest BCUT2D eigenvalue weighted by Crippen LogP contribution is 2.26. The summed E-state index contributed by atoms with van der Waals surface area (Å²) < 4.78 is 5.75. The molecule has 0 saturated carbocycles. The molecule has 0 bridgehead atoms. The van der Waals surface area contributed by atoms with Gasteiger partial charge in [-0.1, -0.05) is 74.3 Å². The Morgan fingerprint density at radius 2 is 1.65 bits per heavy atom. The lowest BCUT2D eigenvalue weighted by atomic mass is 9.97. The molecule has 0 aromatic heterocycles. The third-order valence-corrected chi connectivity index (χ3v) is 5.89. The summed E-state index contributed by atoms with van der Waals surface area (Å²) in [5.74, 6) is 0. The molecule has 1 unspecified atom stereocenters. The molecule has 2 rings (SSSR count). The summed E-state index contributed by atoms with van der Waals surface area (Å²) in [6, 6.07) is 8.24. The van der Waals surface area contributed by atoms with E-state index >= 15 is 0 Å². The van der Waals surface area contributed by atoms with Crippen molar-refractivity contribution in [3.05, 3.63) is 59.7 Å². The first kappa shape index (κ1) is 25.8. The van der Waals surface area contributed by atoms with Crippen molar-refractivity contribution in [3.63, 3.8) is 0 Å². The molecule has 0 aliphatic carbocycles. The molecule has 0 amide bonds. The Morgan fingerprint density at radius 1 is 0.903 bits per heavy atom. The van der Waals surface area contributed by atoms with Gasteiger partial charge in [0.15, 0.2) is 0 Å². The zero-order chi connectivity index (χ0) is 22.0. The quantitative estimate of drug-likeness (QED) is 0.253. The van der Waals surface area contributed by atoms with E-state index < -0.39 is 0 Å². The normalized spacial score (nSPS) is 17.0. The first-order chi connectivity index (χ1) is 15.3. The monoisotopic (exact) mass is 428 g/mol. The first-order valence-corrected chi connectivity index (χ1v) is 12.4. The highest BCUT2D eigenvalue weighted by molar-refractivity contribution is 5.31. The Hall–Kier alpha value is -1.46. The van der Waals surface area contributed by atoms with Crippen LogP contribution in [0.3, 0.4) is 0 Å². The number of β-amino-alcohol motifs (C(OH)–C–C–N with tert-alkyl or cyclic N) is 1. The van der Waals surface area contributed by atoms with Crippen LogP contribution in [0, 0.1) is 0 Å². The maximum atomic E-state index is 10.3. The first-order valence-electron chi connectivity index (χ1n) is 12.4. The average Bonchev–Trinajstić information content (AvgIpc) is 2.78. The predicted molar refractivity (Wildman–Crippen MR) is 131 cm³/mol. The zero-order valence-electron chi connectivity index (χ0n) is 19.4. The third-order valence-electron chi connectivity index (χ3n) is 5.89. The molecule has 1 aromatic carbocycles. The van der Waals surface area contributed by atoms with Crippen molar-refractivity contribution in [3.8, 4) is 0 Å². The fourth-order valence-corrected chi connectivity index (χ4v) is 4.08.